The van der Waals surface area contributed by atoms with Crippen molar-refractivity contribution in [3.8, 4) is 0 Å². The van der Waals surface area contributed by atoms with Gasteiger partial charge in [0.1, 0.15) is 0 Å². The molecule has 1 fully saturated rings. The van der Waals surface area contributed by atoms with Gasteiger partial charge in [-0.2, -0.15) is 0 Å². The number of likely N-dealkylation sites (tertiary alicyclic amines) is 1. The summed E-state index contributed by atoms with van der Waals surface area (Å²) < 4.78 is 0. The Kier molecular flexibility index (Phi) is 3.53. The van der Waals surface area contributed by atoms with Crippen LogP contribution in [0.2, 0.25) is 0 Å². The Bertz CT molecular complexity index is 126. The molecule has 1 N–H and O–H groups in total. The first-order valence-corrected chi connectivity index (χ1v) is 5.17. The molecule has 2 nitrogen and oxygen atoms in total. The Labute approximate surface area is 76.3 Å². The first kappa shape index (κ1) is 10.0. The number of hydrogen-bond acceptors (Lipinski definition) is 2. The van der Waals surface area contributed by atoms with Gasteiger partial charge in [0.25, 0.3) is 0 Å². The van der Waals surface area contributed by atoms with Crippen LogP contribution in [0.5, 0.6) is 0 Å². The Morgan fingerprint density at radius 3 is 2.25 bits per heavy atom. The predicted molar refractivity (Wildman–Crippen MR) is 53.4 cm³/mol. The lowest BCUT2D eigenvalue weighted by atomic mass is 9.89. The van der Waals surface area contributed by atoms with Gasteiger partial charge in [0, 0.05) is 5.54 Å². The number of rotatable bonds is 3. The molecule has 0 saturated carbocycles. The minimum absolute atomic E-state index is 0.417. The maximum absolute atomic E-state index is 3.58. The molecule has 0 atom stereocenters. The molecule has 0 radical (unpaired) electrons. The average Bonchev–Trinajstić information content (AvgIpc) is 2.06. The van der Waals surface area contributed by atoms with Crippen LogP contribution in [0.25, 0.3) is 0 Å². The van der Waals surface area contributed by atoms with Gasteiger partial charge in [-0.15, -0.1) is 0 Å². The fourth-order valence-corrected chi connectivity index (χ4v) is 1.97. The summed E-state index contributed by atoms with van der Waals surface area (Å²) in [7, 11) is 0. The van der Waals surface area contributed by atoms with Crippen LogP contribution in [0.3, 0.4) is 0 Å². The molecule has 1 aliphatic rings. The van der Waals surface area contributed by atoms with Gasteiger partial charge in [-0.25, -0.2) is 0 Å². The maximum Gasteiger partial charge on any atom is 0.0177 e. The molecule has 12 heavy (non-hydrogen) atoms. The number of nitrogens with one attached hydrogen (secondary N) is 1. The highest BCUT2D eigenvalue weighted by Gasteiger charge is 2.27. The normalized spacial score (nSPS) is 24.2. The molecule has 0 aromatic carbocycles. The van der Waals surface area contributed by atoms with Gasteiger partial charge >= 0.3 is 0 Å². The van der Waals surface area contributed by atoms with Gasteiger partial charge in [-0.3, -0.25) is 0 Å². The quantitative estimate of drug-likeness (QED) is 0.690. The van der Waals surface area contributed by atoms with E-state index in [0.717, 1.165) is 6.54 Å². The fraction of sp³-hybridized carbons (Fsp3) is 1.00. The third-order valence-electron chi connectivity index (χ3n) is 3.01. The molecule has 0 unspecified atom stereocenters. The standard InChI is InChI=1S/C10H22N2/c1-4-11-10(3)6-8-12(5-2)9-7-10/h11H,4-9H2,1-3H3. The van der Waals surface area contributed by atoms with Crippen molar-refractivity contribution in [1.29, 1.82) is 0 Å². The second-order valence-corrected chi connectivity index (χ2v) is 4.03. The van der Waals surface area contributed by atoms with E-state index in [0.29, 0.717) is 5.54 Å². The van der Waals surface area contributed by atoms with Crippen LogP contribution in [0.15, 0.2) is 0 Å². The molecule has 1 heterocycles. The van der Waals surface area contributed by atoms with Crippen molar-refractivity contribution in [2.24, 2.45) is 0 Å². The smallest absolute Gasteiger partial charge is 0.0177 e. The van der Waals surface area contributed by atoms with E-state index in [2.05, 4.69) is 31.0 Å². The number of piperidine rings is 1. The molecule has 0 amide bonds. The van der Waals surface area contributed by atoms with E-state index in [1.807, 2.05) is 0 Å². The lowest BCUT2D eigenvalue weighted by molar-refractivity contribution is 0.153. The molecule has 0 bridgehead atoms. The van der Waals surface area contributed by atoms with Gasteiger partial charge in [0.05, 0.1) is 0 Å². The maximum atomic E-state index is 3.58. The lowest BCUT2D eigenvalue weighted by Gasteiger charge is -2.39. The van der Waals surface area contributed by atoms with Gasteiger partial charge in [0.2, 0.25) is 0 Å². The third kappa shape index (κ3) is 2.46. The zero-order chi connectivity index (χ0) is 9.03. The van der Waals surface area contributed by atoms with Crippen LogP contribution in [0.4, 0.5) is 0 Å². The van der Waals surface area contributed by atoms with Crippen molar-refractivity contribution in [2.75, 3.05) is 26.2 Å². The highest BCUT2D eigenvalue weighted by atomic mass is 15.1. The van der Waals surface area contributed by atoms with Crippen LogP contribution < -0.4 is 5.32 Å². The number of nitrogens with zero attached hydrogens (tertiary/aromatic N) is 1. The van der Waals surface area contributed by atoms with Crippen molar-refractivity contribution in [1.82, 2.24) is 10.2 Å². The van der Waals surface area contributed by atoms with Gasteiger partial charge in [-0.05, 0) is 45.9 Å². The topological polar surface area (TPSA) is 15.3 Å². The average molecular weight is 170 g/mol. The summed E-state index contributed by atoms with van der Waals surface area (Å²) in [5.41, 5.74) is 0.417. The summed E-state index contributed by atoms with van der Waals surface area (Å²) in [4.78, 5) is 2.53. The van der Waals surface area contributed by atoms with Crippen LogP contribution in [0.1, 0.15) is 33.6 Å². The molecule has 1 aliphatic heterocycles. The highest BCUT2D eigenvalue weighted by Crippen LogP contribution is 2.20. The Hall–Kier alpha value is -0.0800. The molecular weight excluding hydrogens is 148 g/mol. The highest BCUT2D eigenvalue weighted by molar-refractivity contribution is 4.88. The van der Waals surface area contributed by atoms with E-state index in [1.165, 1.54) is 32.5 Å². The fourth-order valence-electron chi connectivity index (χ4n) is 1.97. The zero-order valence-electron chi connectivity index (χ0n) is 8.69. The van der Waals surface area contributed by atoms with Gasteiger partial charge in [-0.1, -0.05) is 13.8 Å². The van der Waals surface area contributed by atoms with Crippen molar-refractivity contribution in [3.05, 3.63) is 0 Å². The molecule has 0 spiro atoms. The van der Waals surface area contributed by atoms with Crippen LogP contribution in [-0.2, 0) is 0 Å². The summed E-state index contributed by atoms with van der Waals surface area (Å²) in [6.45, 7) is 11.6. The molecule has 0 aromatic heterocycles. The van der Waals surface area contributed by atoms with Gasteiger partial charge in [0.15, 0.2) is 0 Å². The van der Waals surface area contributed by atoms with E-state index in [4.69, 9.17) is 0 Å². The zero-order valence-corrected chi connectivity index (χ0v) is 8.69. The minimum Gasteiger partial charge on any atom is -0.312 e. The minimum atomic E-state index is 0.417. The largest absolute Gasteiger partial charge is 0.312 e. The van der Waals surface area contributed by atoms with E-state index in [9.17, 15) is 0 Å². The van der Waals surface area contributed by atoms with Crippen molar-refractivity contribution in [2.45, 2.75) is 39.2 Å². The van der Waals surface area contributed by atoms with Gasteiger partial charge < -0.3 is 10.2 Å². The van der Waals surface area contributed by atoms with Crippen LogP contribution in [-0.4, -0.2) is 36.6 Å². The molecule has 72 valence electrons. The molecule has 0 aromatic rings. The second-order valence-electron chi connectivity index (χ2n) is 4.03. The predicted octanol–water partition coefficient (Wildman–Crippen LogP) is 1.47. The Balaban J connectivity index is 2.33. The van der Waals surface area contributed by atoms with E-state index >= 15 is 0 Å². The molecular formula is C10H22N2. The van der Waals surface area contributed by atoms with Crippen LogP contribution >= 0.6 is 0 Å². The summed E-state index contributed by atoms with van der Waals surface area (Å²) in [5, 5.41) is 3.58. The lowest BCUT2D eigenvalue weighted by Crippen LogP contribution is -2.51. The van der Waals surface area contributed by atoms with Crippen molar-refractivity contribution in [3.63, 3.8) is 0 Å². The SMILES string of the molecule is CCNC1(C)CCN(CC)CC1. The Morgan fingerprint density at radius 1 is 1.25 bits per heavy atom. The summed E-state index contributed by atoms with van der Waals surface area (Å²) in [6.07, 6.45) is 2.60. The van der Waals surface area contributed by atoms with E-state index < -0.39 is 0 Å². The monoisotopic (exact) mass is 170 g/mol. The first-order valence-electron chi connectivity index (χ1n) is 5.17. The molecule has 1 rings (SSSR count). The second kappa shape index (κ2) is 4.24. The summed E-state index contributed by atoms with van der Waals surface area (Å²) in [5.74, 6) is 0. The molecule has 0 aliphatic carbocycles. The van der Waals surface area contributed by atoms with Crippen molar-refractivity contribution < 1.29 is 0 Å². The van der Waals surface area contributed by atoms with E-state index in [-0.39, 0.29) is 0 Å². The number of hydrogen-bond donors (Lipinski definition) is 1. The summed E-state index contributed by atoms with van der Waals surface area (Å²) in [6, 6.07) is 0. The summed E-state index contributed by atoms with van der Waals surface area (Å²) >= 11 is 0. The van der Waals surface area contributed by atoms with Crippen molar-refractivity contribution >= 4 is 0 Å². The van der Waals surface area contributed by atoms with Crippen LogP contribution in [0, 0.1) is 0 Å². The first-order chi connectivity index (χ1) is 5.70. The Morgan fingerprint density at radius 2 is 1.83 bits per heavy atom. The molecule has 1 saturated heterocycles. The molecule has 2 heteroatoms. The van der Waals surface area contributed by atoms with E-state index in [1.54, 1.807) is 0 Å². The third-order valence-corrected chi connectivity index (χ3v) is 3.01.